The van der Waals surface area contributed by atoms with Crippen LogP contribution in [0.2, 0.25) is 0 Å². The van der Waals surface area contributed by atoms with Crippen molar-refractivity contribution < 1.29 is 4.39 Å². The summed E-state index contributed by atoms with van der Waals surface area (Å²) in [6, 6.07) is 4.56. The van der Waals surface area contributed by atoms with Crippen molar-refractivity contribution in [3.8, 4) is 0 Å². The van der Waals surface area contributed by atoms with Crippen LogP contribution >= 0.6 is 0 Å². The third kappa shape index (κ3) is 2.22. The highest BCUT2D eigenvalue weighted by Gasteiger charge is 2.17. The molecule has 0 bridgehead atoms. The number of benzene rings is 1. The topological polar surface area (TPSA) is 43.8 Å². The van der Waals surface area contributed by atoms with Gasteiger partial charge in [0.1, 0.15) is 11.6 Å². The summed E-state index contributed by atoms with van der Waals surface area (Å²) in [6.07, 6.45) is 3.53. The van der Waals surface area contributed by atoms with Gasteiger partial charge in [0, 0.05) is 24.5 Å². The van der Waals surface area contributed by atoms with E-state index in [1.807, 2.05) is 30.7 Å². The third-order valence-corrected chi connectivity index (χ3v) is 2.86. The first kappa shape index (κ1) is 11.8. The van der Waals surface area contributed by atoms with Crippen LogP contribution in [0.5, 0.6) is 0 Å². The summed E-state index contributed by atoms with van der Waals surface area (Å²) < 4.78 is 15.7. The van der Waals surface area contributed by atoms with Gasteiger partial charge in [0.2, 0.25) is 0 Å². The zero-order valence-electron chi connectivity index (χ0n) is 10.0. The highest BCUT2D eigenvalue weighted by atomic mass is 19.1. The zero-order valence-corrected chi connectivity index (χ0v) is 10.0. The third-order valence-electron chi connectivity index (χ3n) is 2.86. The fourth-order valence-corrected chi connectivity index (χ4v) is 1.89. The van der Waals surface area contributed by atoms with Crippen molar-refractivity contribution in [2.24, 2.45) is 5.73 Å². The molecule has 2 N–H and O–H groups in total. The molecule has 0 amide bonds. The van der Waals surface area contributed by atoms with Gasteiger partial charge in [-0.1, -0.05) is 12.1 Å². The second-order valence-electron chi connectivity index (χ2n) is 4.07. The molecule has 2 aromatic rings. The molecule has 90 valence electrons. The molecular weight excluding hydrogens is 217 g/mol. The monoisotopic (exact) mass is 233 g/mol. The number of hydrogen-bond acceptors (Lipinski definition) is 2. The Morgan fingerprint density at radius 2 is 2.24 bits per heavy atom. The molecule has 4 heteroatoms. The van der Waals surface area contributed by atoms with Crippen molar-refractivity contribution in [3.05, 3.63) is 53.4 Å². The lowest BCUT2D eigenvalue weighted by molar-refractivity contribution is 0.580. The minimum absolute atomic E-state index is 0.275. The molecule has 1 heterocycles. The lowest BCUT2D eigenvalue weighted by Crippen LogP contribution is -2.18. The van der Waals surface area contributed by atoms with Crippen molar-refractivity contribution in [3.63, 3.8) is 0 Å². The summed E-state index contributed by atoms with van der Waals surface area (Å²) in [5, 5.41) is 0. The van der Waals surface area contributed by atoms with Crippen LogP contribution in [-0.2, 0) is 6.54 Å². The van der Waals surface area contributed by atoms with Gasteiger partial charge < -0.3 is 10.3 Å². The summed E-state index contributed by atoms with van der Waals surface area (Å²) in [4.78, 5) is 4.20. The number of rotatable bonds is 3. The minimum Gasteiger partial charge on any atom is -0.334 e. The quantitative estimate of drug-likeness (QED) is 0.884. The Labute approximate surface area is 100 Å². The van der Waals surface area contributed by atoms with Gasteiger partial charge in [-0.2, -0.15) is 0 Å². The Morgan fingerprint density at radius 3 is 2.88 bits per heavy atom. The van der Waals surface area contributed by atoms with E-state index in [0.29, 0.717) is 11.4 Å². The van der Waals surface area contributed by atoms with E-state index in [0.717, 1.165) is 12.1 Å². The second kappa shape index (κ2) is 4.67. The molecule has 17 heavy (non-hydrogen) atoms. The van der Waals surface area contributed by atoms with Crippen molar-refractivity contribution in [2.75, 3.05) is 0 Å². The minimum atomic E-state index is -0.523. The fourth-order valence-electron chi connectivity index (χ4n) is 1.89. The fraction of sp³-hybridized carbons (Fsp3) is 0.308. The molecule has 1 aromatic carbocycles. The number of halogens is 1. The van der Waals surface area contributed by atoms with E-state index >= 15 is 0 Å². The first-order chi connectivity index (χ1) is 8.13. The summed E-state index contributed by atoms with van der Waals surface area (Å²) >= 11 is 0. The van der Waals surface area contributed by atoms with Crippen LogP contribution in [0.1, 0.15) is 29.9 Å². The summed E-state index contributed by atoms with van der Waals surface area (Å²) in [6.45, 7) is 4.63. The first-order valence-corrected chi connectivity index (χ1v) is 5.66. The van der Waals surface area contributed by atoms with E-state index in [9.17, 15) is 4.39 Å². The molecule has 3 nitrogen and oxygen atoms in total. The van der Waals surface area contributed by atoms with Crippen molar-refractivity contribution >= 4 is 0 Å². The van der Waals surface area contributed by atoms with Crippen LogP contribution in [0.4, 0.5) is 4.39 Å². The van der Waals surface area contributed by atoms with Gasteiger partial charge in [-0.05, 0) is 25.5 Å². The van der Waals surface area contributed by atoms with E-state index in [1.54, 1.807) is 12.3 Å². The van der Waals surface area contributed by atoms with E-state index < -0.39 is 6.04 Å². The molecule has 1 atom stereocenters. The highest BCUT2D eigenvalue weighted by Crippen LogP contribution is 2.21. The number of imidazole rings is 1. The summed E-state index contributed by atoms with van der Waals surface area (Å²) in [5.74, 6) is 0.415. The average molecular weight is 233 g/mol. The van der Waals surface area contributed by atoms with Crippen LogP contribution in [0, 0.1) is 12.7 Å². The largest absolute Gasteiger partial charge is 0.334 e. The molecule has 0 aliphatic carbocycles. The number of nitrogens with zero attached hydrogens (tertiary/aromatic N) is 2. The maximum Gasteiger partial charge on any atom is 0.130 e. The maximum atomic E-state index is 13.8. The van der Waals surface area contributed by atoms with Crippen LogP contribution in [-0.4, -0.2) is 9.55 Å². The van der Waals surface area contributed by atoms with E-state index in [1.165, 1.54) is 6.07 Å². The molecular formula is C13H16FN3. The Kier molecular flexibility index (Phi) is 3.24. The first-order valence-electron chi connectivity index (χ1n) is 5.66. The Hall–Kier alpha value is -1.68. The molecule has 0 radical (unpaired) electrons. The van der Waals surface area contributed by atoms with Crippen molar-refractivity contribution in [2.45, 2.75) is 26.4 Å². The standard InChI is InChI=1S/C13H16FN3/c1-3-17-7-6-16-13(17)12(15)10-5-4-9(2)8-11(10)14/h4-8,12H,3,15H2,1-2H3. The van der Waals surface area contributed by atoms with Crippen LogP contribution in [0.15, 0.2) is 30.6 Å². The van der Waals surface area contributed by atoms with E-state index in [2.05, 4.69) is 4.98 Å². The summed E-state index contributed by atoms with van der Waals surface area (Å²) in [5.41, 5.74) is 7.43. The molecule has 0 saturated carbocycles. The van der Waals surface area contributed by atoms with Gasteiger partial charge in [0.25, 0.3) is 0 Å². The Balaban J connectivity index is 2.40. The second-order valence-corrected chi connectivity index (χ2v) is 4.07. The van der Waals surface area contributed by atoms with Gasteiger partial charge in [-0.15, -0.1) is 0 Å². The normalized spacial score (nSPS) is 12.7. The predicted octanol–water partition coefficient (Wildman–Crippen LogP) is 2.40. The molecule has 1 unspecified atom stereocenters. The predicted molar refractivity (Wildman–Crippen MR) is 65.1 cm³/mol. The van der Waals surface area contributed by atoms with Crippen molar-refractivity contribution in [1.29, 1.82) is 0 Å². The Bertz CT molecular complexity index is 519. The van der Waals surface area contributed by atoms with Gasteiger partial charge in [0.15, 0.2) is 0 Å². The molecule has 0 fully saturated rings. The number of hydrogen-bond donors (Lipinski definition) is 1. The lowest BCUT2D eigenvalue weighted by Gasteiger charge is -2.14. The zero-order chi connectivity index (χ0) is 12.4. The van der Waals surface area contributed by atoms with Gasteiger partial charge in [0.05, 0.1) is 6.04 Å². The highest BCUT2D eigenvalue weighted by molar-refractivity contribution is 5.29. The number of nitrogens with two attached hydrogens (primary N) is 1. The van der Waals surface area contributed by atoms with Gasteiger partial charge in [-0.25, -0.2) is 9.37 Å². The van der Waals surface area contributed by atoms with E-state index in [4.69, 9.17) is 5.73 Å². The lowest BCUT2D eigenvalue weighted by atomic mass is 10.0. The Morgan fingerprint density at radius 1 is 1.47 bits per heavy atom. The van der Waals surface area contributed by atoms with Gasteiger partial charge >= 0.3 is 0 Å². The smallest absolute Gasteiger partial charge is 0.130 e. The molecule has 0 aliphatic rings. The maximum absolute atomic E-state index is 13.8. The van der Waals surface area contributed by atoms with E-state index in [-0.39, 0.29) is 5.82 Å². The molecule has 0 aliphatic heterocycles. The van der Waals surface area contributed by atoms with Gasteiger partial charge in [-0.3, -0.25) is 0 Å². The molecule has 0 saturated heterocycles. The average Bonchev–Trinajstić information content (AvgIpc) is 2.76. The number of aromatic nitrogens is 2. The van der Waals surface area contributed by atoms with Crippen LogP contribution in [0.3, 0.4) is 0 Å². The molecule has 0 spiro atoms. The van der Waals surface area contributed by atoms with Crippen molar-refractivity contribution in [1.82, 2.24) is 9.55 Å². The molecule has 2 rings (SSSR count). The van der Waals surface area contributed by atoms with Crippen LogP contribution in [0.25, 0.3) is 0 Å². The summed E-state index contributed by atoms with van der Waals surface area (Å²) in [7, 11) is 0. The number of aryl methyl sites for hydroxylation is 2. The van der Waals surface area contributed by atoms with Crippen LogP contribution < -0.4 is 5.73 Å². The molecule has 1 aromatic heterocycles. The SMILES string of the molecule is CCn1ccnc1C(N)c1ccc(C)cc1F.